The summed E-state index contributed by atoms with van der Waals surface area (Å²) in [5, 5.41) is 25.2. The van der Waals surface area contributed by atoms with Gasteiger partial charge in [-0.1, -0.05) is 37.3 Å². The van der Waals surface area contributed by atoms with E-state index in [9.17, 15) is 4.79 Å². The maximum atomic E-state index is 12.9. The van der Waals surface area contributed by atoms with Crippen molar-refractivity contribution in [3.05, 3.63) is 70.5 Å². The normalized spacial score (nSPS) is 15.6. The van der Waals surface area contributed by atoms with Gasteiger partial charge in [-0.05, 0) is 62.3 Å². The Balaban J connectivity index is 1.41. The van der Waals surface area contributed by atoms with E-state index < -0.39 is 0 Å². The summed E-state index contributed by atoms with van der Waals surface area (Å²) in [6, 6.07) is 13.9. The van der Waals surface area contributed by atoms with Gasteiger partial charge in [-0.15, -0.1) is 5.10 Å². The second kappa shape index (κ2) is 10.2. The highest BCUT2D eigenvalue weighted by molar-refractivity contribution is 5.80. The smallest absolute Gasteiger partial charge is 0.222 e. The molecule has 1 aliphatic heterocycles. The van der Waals surface area contributed by atoms with Crippen LogP contribution in [0.1, 0.15) is 48.7 Å². The molecule has 1 aliphatic rings. The predicted octanol–water partition coefficient (Wildman–Crippen LogP) is 3.42. The van der Waals surface area contributed by atoms with E-state index in [1.165, 1.54) is 10.2 Å². The Bertz CT molecular complexity index is 1240. The zero-order valence-corrected chi connectivity index (χ0v) is 20.2. The van der Waals surface area contributed by atoms with Crippen molar-refractivity contribution in [1.29, 1.82) is 10.8 Å². The van der Waals surface area contributed by atoms with Gasteiger partial charge >= 0.3 is 0 Å². The molecule has 1 atom stereocenters. The first kappa shape index (κ1) is 23.6. The van der Waals surface area contributed by atoms with Crippen molar-refractivity contribution >= 4 is 11.7 Å². The molecule has 8 heteroatoms. The number of carbonyl (C=O) groups excluding carboxylic acids is 1. The number of carbonyl (C=O) groups is 1. The number of benzene rings is 1. The summed E-state index contributed by atoms with van der Waals surface area (Å²) >= 11 is 0. The molecule has 34 heavy (non-hydrogen) atoms. The molecule has 0 aliphatic carbocycles. The summed E-state index contributed by atoms with van der Waals surface area (Å²) in [6.45, 7) is 7.47. The highest BCUT2D eigenvalue weighted by Crippen LogP contribution is 2.23. The fourth-order valence-corrected chi connectivity index (χ4v) is 4.71. The van der Waals surface area contributed by atoms with E-state index in [4.69, 9.17) is 10.8 Å². The fraction of sp³-hybridized carbons (Fsp3) is 0.423. The second-order valence-electron chi connectivity index (χ2n) is 9.03. The largest absolute Gasteiger partial charge is 0.342 e. The van der Waals surface area contributed by atoms with Crippen LogP contribution in [0, 0.1) is 30.6 Å². The molecule has 0 spiro atoms. The molecule has 4 rings (SSSR count). The Morgan fingerprint density at radius 3 is 2.62 bits per heavy atom. The van der Waals surface area contributed by atoms with Crippen LogP contribution in [-0.4, -0.2) is 49.3 Å². The highest BCUT2D eigenvalue weighted by Gasteiger charge is 2.26. The van der Waals surface area contributed by atoms with Gasteiger partial charge in [0.05, 0.1) is 5.69 Å². The SMILES string of the molecule is CCC(=N)n1nc(-n2nc(C)c(CCC(=O)N3CCC(Cc4ccccc4)C3)c2C)ccc1=N. The van der Waals surface area contributed by atoms with Crippen molar-refractivity contribution < 1.29 is 4.79 Å². The second-order valence-corrected chi connectivity index (χ2v) is 9.03. The van der Waals surface area contributed by atoms with E-state index in [0.29, 0.717) is 31.0 Å². The Morgan fingerprint density at radius 2 is 1.88 bits per heavy atom. The van der Waals surface area contributed by atoms with E-state index >= 15 is 0 Å². The predicted molar refractivity (Wildman–Crippen MR) is 131 cm³/mol. The monoisotopic (exact) mass is 459 g/mol. The minimum atomic E-state index is 0.166. The van der Waals surface area contributed by atoms with E-state index in [0.717, 1.165) is 42.9 Å². The molecular weight excluding hydrogens is 426 g/mol. The van der Waals surface area contributed by atoms with Gasteiger partial charge in [0.1, 0.15) is 11.3 Å². The van der Waals surface area contributed by atoms with E-state index in [-0.39, 0.29) is 17.2 Å². The van der Waals surface area contributed by atoms with Gasteiger partial charge in [0.2, 0.25) is 5.91 Å². The first-order valence-electron chi connectivity index (χ1n) is 12.0. The summed E-state index contributed by atoms with van der Waals surface area (Å²) in [5.41, 5.74) is 4.38. The van der Waals surface area contributed by atoms with Gasteiger partial charge in [0, 0.05) is 31.6 Å². The van der Waals surface area contributed by atoms with Crippen LogP contribution in [0.25, 0.3) is 5.82 Å². The molecule has 0 radical (unpaired) electrons. The molecule has 8 nitrogen and oxygen atoms in total. The molecule has 1 fully saturated rings. The number of hydrogen-bond donors (Lipinski definition) is 2. The minimum absolute atomic E-state index is 0.166. The van der Waals surface area contributed by atoms with Crippen LogP contribution in [0.5, 0.6) is 0 Å². The Morgan fingerprint density at radius 1 is 1.12 bits per heavy atom. The summed E-state index contributed by atoms with van der Waals surface area (Å²) < 4.78 is 3.08. The van der Waals surface area contributed by atoms with Crippen LogP contribution < -0.4 is 5.49 Å². The van der Waals surface area contributed by atoms with Crippen LogP contribution in [0.3, 0.4) is 0 Å². The number of rotatable bonds is 7. The molecule has 178 valence electrons. The maximum Gasteiger partial charge on any atom is 0.222 e. The van der Waals surface area contributed by atoms with Gasteiger partial charge in [-0.3, -0.25) is 15.6 Å². The lowest BCUT2D eigenvalue weighted by Crippen LogP contribution is -2.29. The summed E-state index contributed by atoms with van der Waals surface area (Å²) in [7, 11) is 0. The van der Waals surface area contributed by atoms with E-state index in [1.807, 2.05) is 31.7 Å². The van der Waals surface area contributed by atoms with Gasteiger partial charge in [-0.25, -0.2) is 9.36 Å². The van der Waals surface area contributed by atoms with Crippen molar-refractivity contribution in [3.63, 3.8) is 0 Å². The third-order valence-electron chi connectivity index (χ3n) is 6.66. The quantitative estimate of drug-likeness (QED) is 0.418. The lowest BCUT2D eigenvalue weighted by Gasteiger charge is -2.17. The van der Waals surface area contributed by atoms with Crippen molar-refractivity contribution in [1.82, 2.24) is 24.5 Å². The summed E-state index contributed by atoms with van der Waals surface area (Å²) in [4.78, 5) is 15.0. The molecule has 1 unspecified atom stereocenters. The third-order valence-corrected chi connectivity index (χ3v) is 6.66. The lowest BCUT2D eigenvalue weighted by molar-refractivity contribution is -0.130. The third kappa shape index (κ3) is 5.00. The molecule has 2 N–H and O–H groups in total. The molecular formula is C26H33N7O. The molecule has 2 aromatic heterocycles. The van der Waals surface area contributed by atoms with Gasteiger partial charge in [0.25, 0.3) is 0 Å². The molecule has 1 aromatic carbocycles. The van der Waals surface area contributed by atoms with E-state index in [2.05, 4.69) is 34.5 Å². The number of aryl methyl sites for hydroxylation is 1. The summed E-state index contributed by atoms with van der Waals surface area (Å²) in [5.74, 6) is 1.55. The zero-order chi connectivity index (χ0) is 24.2. The number of hydrogen-bond acceptors (Lipinski definition) is 5. The molecule has 1 amide bonds. The van der Waals surface area contributed by atoms with Crippen molar-refractivity contribution in [2.45, 2.75) is 52.9 Å². The molecule has 0 saturated carbocycles. The standard InChI is InChI=1S/C26H33N7O/c1-4-23(27)33-24(28)11-12-25(30-33)32-19(3)22(18(2)29-32)10-13-26(34)31-15-14-21(17-31)16-20-8-6-5-7-9-20/h5-9,11-12,21,27-28H,4,10,13-17H2,1-3H3. The van der Waals surface area contributed by atoms with Crippen LogP contribution >= 0.6 is 0 Å². The number of aromatic nitrogens is 4. The Labute approximate surface area is 200 Å². The molecule has 1 saturated heterocycles. The van der Waals surface area contributed by atoms with Crippen LogP contribution in [0.4, 0.5) is 0 Å². The zero-order valence-electron chi connectivity index (χ0n) is 20.2. The lowest BCUT2D eigenvalue weighted by atomic mass is 9.99. The molecule has 0 bridgehead atoms. The number of nitrogens with one attached hydrogen (secondary N) is 2. The van der Waals surface area contributed by atoms with Gasteiger partial charge in [-0.2, -0.15) is 5.10 Å². The van der Waals surface area contributed by atoms with Crippen LogP contribution in [0.15, 0.2) is 42.5 Å². The minimum Gasteiger partial charge on any atom is -0.342 e. The van der Waals surface area contributed by atoms with Crippen LogP contribution in [0.2, 0.25) is 0 Å². The number of amides is 1. The summed E-state index contributed by atoms with van der Waals surface area (Å²) in [6.07, 6.45) is 3.67. The van der Waals surface area contributed by atoms with Crippen LogP contribution in [-0.2, 0) is 17.6 Å². The number of likely N-dealkylation sites (tertiary alicyclic amines) is 1. The highest BCUT2D eigenvalue weighted by atomic mass is 16.2. The van der Waals surface area contributed by atoms with Crippen molar-refractivity contribution in [2.24, 2.45) is 5.92 Å². The number of nitrogens with zero attached hydrogens (tertiary/aromatic N) is 5. The fourth-order valence-electron chi connectivity index (χ4n) is 4.71. The van der Waals surface area contributed by atoms with Gasteiger partial charge < -0.3 is 4.90 Å². The molecule has 3 heterocycles. The Hall–Kier alpha value is -3.55. The molecule has 3 aromatic rings. The maximum absolute atomic E-state index is 12.9. The van der Waals surface area contributed by atoms with Crippen molar-refractivity contribution in [2.75, 3.05) is 13.1 Å². The average molecular weight is 460 g/mol. The first-order valence-corrected chi connectivity index (χ1v) is 12.0. The van der Waals surface area contributed by atoms with Gasteiger partial charge in [0.15, 0.2) is 5.82 Å². The topological polar surface area (TPSA) is 104 Å². The van der Waals surface area contributed by atoms with E-state index in [1.54, 1.807) is 16.8 Å². The average Bonchev–Trinajstić information content (AvgIpc) is 3.42. The first-order chi connectivity index (χ1) is 16.4. The Kier molecular flexibility index (Phi) is 7.05. The van der Waals surface area contributed by atoms with Crippen molar-refractivity contribution in [3.8, 4) is 5.82 Å².